The second-order valence-corrected chi connectivity index (χ2v) is 3.44. The molecule has 0 fully saturated rings. The van der Waals surface area contributed by atoms with Crippen LogP contribution in [-0.2, 0) is 0 Å². The van der Waals surface area contributed by atoms with Gasteiger partial charge in [0.2, 0.25) is 0 Å². The first-order valence-corrected chi connectivity index (χ1v) is 5.62. The van der Waals surface area contributed by atoms with Crippen LogP contribution in [0.3, 0.4) is 0 Å². The van der Waals surface area contributed by atoms with Crippen molar-refractivity contribution in [1.82, 2.24) is 15.7 Å². The quantitative estimate of drug-likeness (QED) is 0.288. The summed E-state index contributed by atoms with van der Waals surface area (Å²) < 4.78 is 3.83. The number of nitrogens with one attached hydrogen (secondary N) is 3. The van der Waals surface area contributed by atoms with Crippen molar-refractivity contribution in [2.24, 2.45) is 4.74 Å². The second kappa shape index (κ2) is 12.4. The van der Waals surface area contributed by atoms with Crippen molar-refractivity contribution in [2.75, 3.05) is 32.8 Å². The molecule has 0 aliphatic heterocycles. The molecule has 0 amide bonds. The predicted molar refractivity (Wildman–Crippen MR) is 63.4 cm³/mol. The summed E-state index contributed by atoms with van der Waals surface area (Å²) >= 11 is 0. The average Bonchev–Trinajstić information content (AvgIpc) is 2.16. The lowest BCUT2D eigenvalue weighted by Gasteiger charge is -2.05. The van der Waals surface area contributed by atoms with E-state index in [4.69, 9.17) is 0 Å². The molecular weight excluding hydrogens is 202 g/mol. The highest BCUT2D eigenvalue weighted by molar-refractivity contribution is 7.13. The van der Waals surface area contributed by atoms with Gasteiger partial charge in [0.1, 0.15) is 0 Å². The van der Waals surface area contributed by atoms with Crippen molar-refractivity contribution in [3.8, 4) is 0 Å². The number of rotatable bonds is 10. The molecule has 0 heterocycles. The Bertz CT molecular complexity index is 113. The van der Waals surface area contributed by atoms with E-state index in [1.54, 1.807) is 0 Å². The first-order chi connectivity index (χ1) is 6.41. The average molecular weight is 222 g/mol. The van der Waals surface area contributed by atoms with Crippen LogP contribution in [0.5, 0.6) is 0 Å². The number of hydrogen-bond donors (Lipinski definition) is 3. The van der Waals surface area contributed by atoms with E-state index < -0.39 is 0 Å². The first kappa shape index (κ1) is 13.4. The fourth-order valence-corrected chi connectivity index (χ4v) is 1.23. The fraction of sp³-hybridized carbons (Fsp3) is 1.00. The SMILES string of the molecule is P=NCCCNCNCCCNP. The summed E-state index contributed by atoms with van der Waals surface area (Å²) in [4.78, 5) is 0. The molecule has 13 heavy (non-hydrogen) atoms. The summed E-state index contributed by atoms with van der Waals surface area (Å²) in [6.45, 7) is 4.87. The Morgan fingerprint density at radius 1 is 1.08 bits per heavy atom. The van der Waals surface area contributed by atoms with Gasteiger partial charge < -0.3 is 15.7 Å². The maximum absolute atomic E-state index is 3.83. The fourth-order valence-electron chi connectivity index (χ4n) is 0.864. The van der Waals surface area contributed by atoms with Crippen molar-refractivity contribution < 1.29 is 0 Å². The van der Waals surface area contributed by atoms with Gasteiger partial charge in [-0.3, -0.25) is 4.74 Å². The largest absolute Gasteiger partial charge is 0.304 e. The molecule has 0 aromatic heterocycles. The van der Waals surface area contributed by atoms with Gasteiger partial charge in [-0.05, 0) is 41.5 Å². The molecule has 0 aliphatic rings. The Hall–Kier alpha value is 0.410. The summed E-state index contributed by atoms with van der Waals surface area (Å²) in [5.41, 5.74) is 0. The van der Waals surface area contributed by atoms with Crippen LogP contribution >= 0.6 is 18.4 Å². The van der Waals surface area contributed by atoms with Gasteiger partial charge in [0.05, 0.1) is 0 Å². The van der Waals surface area contributed by atoms with Gasteiger partial charge in [0.25, 0.3) is 0 Å². The molecule has 0 aliphatic carbocycles. The minimum absolute atomic E-state index is 0.876. The summed E-state index contributed by atoms with van der Waals surface area (Å²) in [6, 6.07) is 0. The molecule has 4 nitrogen and oxygen atoms in total. The van der Waals surface area contributed by atoms with Gasteiger partial charge in [-0.1, -0.05) is 9.39 Å². The van der Waals surface area contributed by atoms with Crippen LogP contribution in [0, 0.1) is 0 Å². The zero-order chi connectivity index (χ0) is 9.78. The highest BCUT2D eigenvalue weighted by Crippen LogP contribution is 1.80. The van der Waals surface area contributed by atoms with Gasteiger partial charge in [0.15, 0.2) is 0 Å². The molecule has 0 rings (SSSR count). The van der Waals surface area contributed by atoms with Crippen LogP contribution in [0.1, 0.15) is 12.8 Å². The lowest BCUT2D eigenvalue weighted by Crippen LogP contribution is -2.31. The molecule has 78 valence electrons. The van der Waals surface area contributed by atoms with Crippen LogP contribution in [0.25, 0.3) is 0 Å². The van der Waals surface area contributed by atoms with Crippen molar-refractivity contribution in [3.63, 3.8) is 0 Å². The van der Waals surface area contributed by atoms with Crippen LogP contribution in [0.4, 0.5) is 0 Å². The maximum Gasteiger partial charge on any atom is 0.0454 e. The van der Waals surface area contributed by atoms with E-state index in [-0.39, 0.29) is 0 Å². The summed E-state index contributed by atoms with van der Waals surface area (Å²) in [7, 11) is 5.57. The Morgan fingerprint density at radius 3 is 2.38 bits per heavy atom. The Kier molecular flexibility index (Phi) is 12.8. The third kappa shape index (κ3) is 12.4. The van der Waals surface area contributed by atoms with Crippen molar-refractivity contribution in [3.05, 3.63) is 0 Å². The van der Waals surface area contributed by atoms with Crippen molar-refractivity contribution in [1.29, 1.82) is 0 Å². The highest BCUT2D eigenvalue weighted by atomic mass is 31.0. The van der Waals surface area contributed by atoms with E-state index in [0.717, 1.165) is 45.7 Å². The maximum atomic E-state index is 3.83. The lowest BCUT2D eigenvalue weighted by molar-refractivity contribution is 0.561. The molecule has 0 bridgehead atoms. The van der Waals surface area contributed by atoms with Crippen LogP contribution in [0.2, 0.25) is 0 Å². The van der Waals surface area contributed by atoms with E-state index in [2.05, 4.69) is 38.9 Å². The molecule has 1 unspecified atom stereocenters. The molecule has 0 aromatic carbocycles. The second-order valence-electron chi connectivity index (χ2n) is 2.72. The van der Waals surface area contributed by atoms with Gasteiger partial charge in [-0.2, -0.15) is 0 Å². The third-order valence-electron chi connectivity index (χ3n) is 1.55. The van der Waals surface area contributed by atoms with Gasteiger partial charge in [-0.25, -0.2) is 0 Å². The predicted octanol–water partition coefficient (Wildman–Crippen LogP) is 0.609. The van der Waals surface area contributed by atoms with Crippen molar-refractivity contribution >= 4 is 18.4 Å². The van der Waals surface area contributed by atoms with Gasteiger partial charge in [0, 0.05) is 13.2 Å². The molecule has 1 atom stereocenters. The van der Waals surface area contributed by atoms with E-state index >= 15 is 0 Å². The summed E-state index contributed by atoms with van der Waals surface area (Å²) in [5.74, 6) is 0. The normalized spacial score (nSPS) is 10.2. The molecule has 0 radical (unpaired) electrons. The molecule has 0 saturated heterocycles. The Labute approximate surface area is 85.2 Å². The number of nitrogens with zero attached hydrogens (tertiary/aromatic N) is 1. The van der Waals surface area contributed by atoms with Crippen LogP contribution in [-0.4, -0.2) is 32.8 Å². The Balaban J connectivity index is 2.79. The topological polar surface area (TPSA) is 48.5 Å². The zero-order valence-electron chi connectivity index (χ0n) is 7.97. The minimum Gasteiger partial charge on any atom is -0.304 e. The molecular formula is C7H20N4P2. The molecule has 0 saturated carbocycles. The molecule has 3 N–H and O–H groups in total. The van der Waals surface area contributed by atoms with E-state index in [9.17, 15) is 0 Å². The first-order valence-electron chi connectivity index (χ1n) is 4.60. The van der Waals surface area contributed by atoms with Crippen LogP contribution in [0.15, 0.2) is 4.74 Å². The lowest BCUT2D eigenvalue weighted by atomic mass is 10.4. The number of hydrogen-bond acceptors (Lipinski definition) is 4. The summed E-state index contributed by atoms with van der Waals surface area (Å²) in [5, 5.41) is 9.60. The smallest absolute Gasteiger partial charge is 0.0454 e. The van der Waals surface area contributed by atoms with E-state index in [1.807, 2.05) is 0 Å². The minimum atomic E-state index is 0.876. The van der Waals surface area contributed by atoms with Crippen molar-refractivity contribution in [2.45, 2.75) is 12.8 Å². The molecule has 0 spiro atoms. The Morgan fingerprint density at radius 2 is 1.77 bits per heavy atom. The van der Waals surface area contributed by atoms with E-state index in [0.29, 0.717) is 0 Å². The zero-order valence-corrected chi connectivity index (χ0v) is 10.1. The molecule has 0 aromatic rings. The van der Waals surface area contributed by atoms with E-state index in [1.165, 1.54) is 0 Å². The van der Waals surface area contributed by atoms with Crippen LogP contribution < -0.4 is 15.7 Å². The highest BCUT2D eigenvalue weighted by Gasteiger charge is 1.87. The van der Waals surface area contributed by atoms with Gasteiger partial charge in [-0.15, -0.1) is 0 Å². The molecule has 6 heteroatoms. The van der Waals surface area contributed by atoms with Gasteiger partial charge >= 0.3 is 0 Å². The standard InChI is InChI=1S/C7H20N4P2/c12-10-5-1-3-8-7-9-4-2-6-11-13/h8-10,13H,1-7,12H2. The monoisotopic (exact) mass is 222 g/mol. The summed E-state index contributed by atoms with van der Waals surface area (Å²) in [6.07, 6.45) is 2.24. The third-order valence-corrected chi connectivity index (χ3v) is 2.06.